The Bertz CT molecular complexity index is 258. The molecule has 5 heteroatoms. The Balaban J connectivity index is 3.64. The molecule has 0 saturated heterocycles. The van der Waals surface area contributed by atoms with Crippen molar-refractivity contribution in [2.24, 2.45) is 11.3 Å². The van der Waals surface area contributed by atoms with E-state index in [-0.39, 0.29) is 24.5 Å². The van der Waals surface area contributed by atoms with Gasteiger partial charge >= 0.3 is 5.97 Å². The van der Waals surface area contributed by atoms with Gasteiger partial charge in [-0.15, -0.1) is 0 Å². The molecule has 5 nitrogen and oxygen atoms in total. The first kappa shape index (κ1) is 15.9. The van der Waals surface area contributed by atoms with Gasteiger partial charge in [0.05, 0.1) is 6.61 Å². The summed E-state index contributed by atoms with van der Waals surface area (Å²) in [5.74, 6) is -0.730. The fourth-order valence-corrected chi connectivity index (χ4v) is 1.08. The molecule has 2 N–H and O–H groups in total. The molecule has 1 atom stereocenters. The molecule has 0 heterocycles. The molecule has 0 bridgehead atoms. The molecule has 0 saturated carbocycles. The zero-order valence-corrected chi connectivity index (χ0v) is 11.1. The van der Waals surface area contributed by atoms with Crippen molar-refractivity contribution in [1.82, 2.24) is 5.32 Å². The third kappa shape index (κ3) is 8.68. The zero-order chi connectivity index (χ0) is 13.5. The maximum atomic E-state index is 11.5. The van der Waals surface area contributed by atoms with Crippen LogP contribution in [0.25, 0.3) is 0 Å². The monoisotopic (exact) mass is 245 g/mol. The number of rotatable bonds is 7. The molecule has 0 rings (SSSR count). The van der Waals surface area contributed by atoms with Crippen LogP contribution in [-0.4, -0.2) is 36.7 Å². The molecule has 0 radical (unpaired) electrons. The number of carbonyl (C=O) groups is 2. The molecular weight excluding hydrogens is 222 g/mol. The van der Waals surface area contributed by atoms with Crippen LogP contribution in [0, 0.1) is 11.3 Å². The summed E-state index contributed by atoms with van der Waals surface area (Å²) in [6.07, 6.45) is 0.475. The van der Waals surface area contributed by atoms with Gasteiger partial charge in [0, 0.05) is 13.0 Å². The Kier molecular flexibility index (Phi) is 6.80. The Labute approximate surface area is 103 Å². The zero-order valence-electron chi connectivity index (χ0n) is 11.1. The molecule has 0 aromatic heterocycles. The van der Waals surface area contributed by atoms with Crippen LogP contribution in [0.2, 0.25) is 0 Å². The lowest BCUT2D eigenvalue weighted by atomic mass is 9.80. The standard InChI is InChI=1S/C12H23NO4/c1-9(12(2,3)4)7-10(14)13-5-6-17-8-11(15)16/h9H,5-8H2,1-4H3,(H,13,14)(H,15,16). The lowest BCUT2D eigenvalue weighted by Crippen LogP contribution is -2.31. The second kappa shape index (κ2) is 7.27. The van der Waals surface area contributed by atoms with Crippen LogP contribution >= 0.6 is 0 Å². The second-order valence-electron chi connectivity index (χ2n) is 5.27. The minimum atomic E-state index is -1.00. The predicted octanol–water partition coefficient (Wildman–Crippen LogP) is 1.28. The van der Waals surface area contributed by atoms with Crippen molar-refractivity contribution in [2.75, 3.05) is 19.8 Å². The summed E-state index contributed by atoms with van der Waals surface area (Å²) in [4.78, 5) is 21.7. The Hall–Kier alpha value is -1.10. The number of carbonyl (C=O) groups excluding carboxylic acids is 1. The van der Waals surface area contributed by atoms with Gasteiger partial charge in [0.2, 0.25) is 5.91 Å². The topological polar surface area (TPSA) is 75.6 Å². The average molecular weight is 245 g/mol. The Morgan fingerprint density at radius 1 is 1.35 bits per heavy atom. The highest BCUT2D eigenvalue weighted by atomic mass is 16.5. The fraction of sp³-hybridized carbons (Fsp3) is 0.833. The molecule has 0 aliphatic rings. The van der Waals surface area contributed by atoms with Crippen molar-refractivity contribution in [3.8, 4) is 0 Å². The summed E-state index contributed by atoms with van der Waals surface area (Å²) in [6, 6.07) is 0. The first-order valence-corrected chi connectivity index (χ1v) is 5.79. The number of hydrogen-bond acceptors (Lipinski definition) is 3. The molecule has 1 unspecified atom stereocenters. The second-order valence-corrected chi connectivity index (χ2v) is 5.27. The van der Waals surface area contributed by atoms with Crippen LogP contribution in [0.5, 0.6) is 0 Å². The summed E-state index contributed by atoms with van der Waals surface area (Å²) in [5.41, 5.74) is 0.108. The minimum absolute atomic E-state index is 0.0219. The van der Waals surface area contributed by atoms with E-state index >= 15 is 0 Å². The van der Waals surface area contributed by atoms with Gasteiger partial charge in [0.1, 0.15) is 6.61 Å². The number of carboxylic acids is 1. The number of ether oxygens (including phenoxy) is 1. The summed E-state index contributed by atoms with van der Waals surface area (Å²) in [5, 5.41) is 11.0. The van der Waals surface area contributed by atoms with Crippen LogP contribution < -0.4 is 5.32 Å². The molecule has 1 amide bonds. The molecule has 0 aliphatic heterocycles. The van der Waals surface area contributed by atoms with Crippen molar-refractivity contribution in [1.29, 1.82) is 0 Å². The summed E-state index contributed by atoms with van der Waals surface area (Å²) in [6.45, 7) is 8.59. The van der Waals surface area contributed by atoms with Crippen molar-refractivity contribution in [2.45, 2.75) is 34.1 Å². The van der Waals surface area contributed by atoms with Crippen molar-refractivity contribution < 1.29 is 19.4 Å². The van der Waals surface area contributed by atoms with Gasteiger partial charge in [-0.1, -0.05) is 27.7 Å². The van der Waals surface area contributed by atoms with Gasteiger partial charge < -0.3 is 15.2 Å². The molecular formula is C12H23NO4. The molecule has 0 aromatic rings. The summed E-state index contributed by atoms with van der Waals surface area (Å²) < 4.78 is 4.80. The largest absolute Gasteiger partial charge is 0.480 e. The molecule has 100 valence electrons. The van der Waals surface area contributed by atoms with Gasteiger partial charge in [-0.25, -0.2) is 4.79 Å². The van der Waals surface area contributed by atoms with E-state index in [9.17, 15) is 9.59 Å². The van der Waals surface area contributed by atoms with Crippen molar-refractivity contribution in [3.63, 3.8) is 0 Å². The lowest BCUT2D eigenvalue weighted by Gasteiger charge is -2.26. The number of amides is 1. The minimum Gasteiger partial charge on any atom is -0.480 e. The molecule has 0 fully saturated rings. The predicted molar refractivity (Wildman–Crippen MR) is 64.7 cm³/mol. The first-order chi connectivity index (χ1) is 7.73. The smallest absolute Gasteiger partial charge is 0.329 e. The molecule has 17 heavy (non-hydrogen) atoms. The van der Waals surface area contributed by atoms with Gasteiger partial charge in [0.15, 0.2) is 0 Å². The number of carboxylic acid groups (broad SMARTS) is 1. The van der Waals surface area contributed by atoms with E-state index in [0.29, 0.717) is 18.9 Å². The van der Waals surface area contributed by atoms with Gasteiger partial charge in [-0.2, -0.15) is 0 Å². The van der Waals surface area contributed by atoms with Crippen LogP contribution in [0.15, 0.2) is 0 Å². The molecule has 0 aliphatic carbocycles. The highest BCUT2D eigenvalue weighted by Crippen LogP contribution is 2.27. The van der Waals surface area contributed by atoms with Crippen LogP contribution in [-0.2, 0) is 14.3 Å². The Morgan fingerprint density at radius 2 is 1.94 bits per heavy atom. The van der Waals surface area contributed by atoms with E-state index in [0.717, 1.165) is 0 Å². The quantitative estimate of drug-likeness (QED) is 0.662. The molecule has 0 aromatic carbocycles. The third-order valence-corrected chi connectivity index (χ3v) is 2.76. The maximum Gasteiger partial charge on any atom is 0.329 e. The Morgan fingerprint density at radius 3 is 2.41 bits per heavy atom. The number of nitrogens with one attached hydrogen (secondary N) is 1. The highest BCUT2D eigenvalue weighted by molar-refractivity contribution is 5.76. The van der Waals surface area contributed by atoms with E-state index in [4.69, 9.17) is 9.84 Å². The SMILES string of the molecule is CC(CC(=O)NCCOCC(=O)O)C(C)(C)C. The van der Waals surface area contributed by atoms with Gasteiger partial charge in [-0.05, 0) is 11.3 Å². The van der Waals surface area contributed by atoms with E-state index in [1.54, 1.807) is 0 Å². The highest BCUT2D eigenvalue weighted by Gasteiger charge is 2.22. The van der Waals surface area contributed by atoms with Crippen LogP contribution in [0.4, 0.5) is 0 Å². The van der Waals surface area contributed by atoms with E-state index in [1.807, 2.05) is 6.92 Å². The van der Waals surface area contributed by atoms with Gasteiger partial charge in [-0.3, -0.25) is 4.79 Å². The lowest BCUT2D eigenvalue weighted by molar-refractivity contribution is -0.142. The van der Waals surface area contributed by atoms with E-state index < -0.39 is 5.97 Å². The number of aliphatic carboxylic acids is 1. The summed E-state index contributed by atoms with van der Waals surface area (Å²) >= 11 is 0. The summed E-state index contributed by atoms with van der Waals surface area (Å²) in [7, 11) is 0. The van der Waals surface area contributed by atoms with Crippen LogP contribution in [0.1, 0.15) is 34.1 Å². The molecule has 0 spiro atoms. The van der Waals surface area contributed by atoms with E-state index in [1.165, 1.54) is 0 Å². The number of hydrogen-bond donors (Lipinski definition) is 2. The van der Waals surface area contributed by atoms with Crippen molar-refractivity contribution >= 4 is 11.9 Å². The average Bonchev–Trinajstić information content (AvgIpc) is 2.15. The maximum absolute atomic E-state index is 11.5. The first-order valence-electron chi connectivity index (χ1n) is 5.79. The normalized spacial score (nSPS) is 13.2. The third-order valence-electron chi connectivity index (χ3n) is 2.76. The fourth-order valence-electron chi connectivity index (χ4n) is 1.08. The van der Waals surface area contributed by atoms with Crippen molar-refractivity contribution in [3.05, 3.63) is 0 Å². The van der Waals surface area contributed by atoms with Gasteiger partial charge in [0.25, 0.3) is 0 Å². The van der Waals surface area contributed by atoms with Crippen LogP contribution in [0.3, 0.4) is 0 Å². The van der Waals surface area contributed by atoms with E-state index in [2.05, 4.69) is 26.1 Å².